The minimum Gasteiger partial charge on any atom is -0.350 e. The number of benzene rings is 2. The predicted octanol–water partition coefficient (Wildman–Crippen LogP) is 4.72. The van der Waals surface area contributed by atoms with Crippen LogP contribution in [0, 0.1) is 5.92 Å². The molecule has 0 saturated carbocycles. The van der Waals surface area contributed by atoms with E-state index in [0.717, 1.165) is 49.5 Å². The van der Waals surface area contributed by atoms with E-state index < -0.39 is 0 Å². The lowest BCUT2D eigenvalue weighted by molar-refractivity contribution is -0.121. The zero-order chi connectivity index (χ0) is 21.5. The van der Waals surface area contributed by atoms with Gasteiger partial charge in [-0.1, -0.05) is 48.9 Å². The topological polar surface area (TPSA) is 61.4 Å². The Morgan fingerprint density at radius 1 is 1.10 bits per heavy atom. The smallest absolute Gasteiger partial charge is 0.253 e. The van der Waals surface area contributed by atoms with Gasteiger partial charge in [-0.15, -0.1) is 0 Å². The summed E-state index contributed by atoms with van der Waals surface area (Å²) in [6.45, 7) is 6.48. The highest BCUT2D eigenvalue weighted by Gasteiger charge is 2.26. The minimum atomic E-state index is -0.158. The van der Waals surface area contributed by atoms with Crippen molar-refractivity contribution >= 4 is 29.1 Å². The maximum absolute atomic E-state index is 12.9. The second-order valence-corrected chi connectivity index (χ2v) is 8.37. The van der Waals surface area contributed by atoms with Gasteiger partial charge in [0.1, 0.15) is 0 Å². The number of nitrogens with one attached hydrogen (secondary N) is 2. The van der Waals surface area contributed by atoms with Crippen LogP contribution in [0.1, 0.15) is 49.0 Å². The van der Waals surface area contributed by atoms with Crippen LogP contribution >= 0.6 is 11.6 Å². The summed E-state index contributed by atoms with van der Waals surface area (Å²) in [5.41, 5.74) is 2.19. The molecule has 2 N–H and O–H groups in total. The lowest BCUT2D eigenvalue weighted by atomic mass is 9.95. The van der Waals surface area contributed by atoms with Crippen LogP contribution < -0.4 is 10.6 Å². The fourth-order valence-electron chi connectivity index (χ4n) is 3.65. The molecule has 160 valence electrons. The van der Waals surface area contributed by atoms with Crippen molar-refractivity contribution in [2.75, 3.05) is 18.4 Å². The molecule has 0 bridgehead atoms. The van der Waals surface area contributed by atoms with Gasteiger partial charge in [-0.05, 0) is 63.0 Å². The number of carbonyl (C=O) groups excluding carboxylic acids is 2. The molecule has 0 spiro atoms. The van der Waals surface area contributed by atoms with E-state index in [1.165, 1.54) is 0 Å². The summed E-state index contributed by atoms with van der Waals surface area (Å²) in [7, 11) is 0. The standard InChI is InChI=1S/C24H30ClN3O2/c1-3-17(2)26-24(30)20-9-5-7-11-22(20)27-23(29)18-12-14-28(15-13-18)16-19-8-4-6-10-21(19)25/h4-11,17-18H,3,12-16H2,1-2H3,(H,26,30)(H,27,29)/t17-/m1/s1. The summed E-state index contributed by atoms with van der Waals surface area (Å²) in [5.74, 6) is -0.232. The second-order valence-electron chi connectivity index (χ2n) is 7.96. The molecule has 3 rings (SSSR count). The van der Waals surface area contributed by atoms with Gasteiger partial charge in [-0.25, -0.2) is 0 Å². The van der Waals surface area contributed by atoms with E-state index in [-0.39, 0.29) is 23.8 Å². The van der Waals surface area contributed by atoms with Gasteiger partial charge in [0.25, 0.3) is 5.91 Å². The molecule has 2 amide bonds. The SMILES string of the molecule is CC[C@@H](C)NC(=O)c1ccccc1NC(=O)C1CCN(Cc2ccccc2Cl)CC1. The molecule has 0 radical (unpaired) electrons. The number of anilines is 1. The first-order valence-corrected chi connectivity index (χ1v) is 11.0. The maximum Gasteiger partial charge on any atom is 0.253 e. The third kappa shape index (κ3) is 5.83. The van der Waals surface area contributed by atoms with Gasteiger partial charge in [0.15, 0.2) is 0 Å². The molecule has 2 aromatic rings. The van der Waals surface area contributed by atoms with Crippen LogP contribution in [0.3, 0.4) is 0 Å². The molecule has 2 aromatic carbocycles. The van der Waals surface area contributed by atoms with Crippen LogP contribution in [0.4, 0.5) is 5.69 Å². The summed E-state index contributed by atoms with van der Waals surface area (Å²) < 4.78 is 0. The van der Waals surface area contributed by atoms with Crippen LogP contribution in [0.15, 0.2) is 48.5 Å². The number of hydrogen-bond donors (Lipinski definition) is 2. The lowest BCUT2D eigenvalue weighted by Crippen LogP contribution is -2.38. The molecular weight excluding hydrogens is 398 g/mol. The third-order valence-corrected chi connectivity index (χ3v) is 6.10. The molecule has 1 saturated heterocycles. The number of halogens is 1. The van der Waals surface area contributed by atoms with Crippen molar-refractivity contribution in [3.05, 3.63) is 64.7 Å². The normalized spacial score (nSPS) is 16.1. The quantitative estimate of drug-likeness (QED) is 0.672. The summed E-state index contributed by atoms with van der Waals surface area (Å²) in [6, 6.07) is 15.2. The first-order chi connectivity index (χ1) is 14.5. The van der Waals surface area contributed by atoms with Crippen LogP contribution in [0.2, 0.25) is 5.02 Å². The van der Waals surface area contributed by atoms with Crippen molar-refractivity contribution in [1.29, 1.82) is 0 Å². The fourth-order valence-corrected chi connectivity index (χ4v) is 3.84. The number of hydrogen-bond acceptors (Lipinski definition) is 3. The fraction of sp³-hybridized carbons (Fsp3) is 0.417. The lowest BCUT2D eigenvalue weighted by Gasteiger charge is -2.31. The Balaban J connectivity index is 1.56. The van der Waals surface area contributed by atoms with E-state index in [9.17, 15) is 9.59 Å². The molecule has 5 nitrogen and oxygen atoms in total. The average Bonchev–Trinajstić information content (AvgIpc) is 2.76. The van der Waals surface area contributed by atoms with Gasteiger partial charge in [-0.2, -0.15) is 0 Å². The molecule has 1 fully saturated rings. The number of carbonyl (C=O) groups is 2. The molecule has 0 aromatic heterocycles. The molecule has 1 atom stereocenters. The number of para-hydroxylation sites is 1. The Morgan fingerprint density at radius 3 is 2.47 bits per heavy atom. The van der Waals surface area contributed by atoms with Crippen LogP contribution in [0.25, 0.3) is 0 Å². The zero-order valence-electron chi connectivity index (χ0n) is 17.7. The van der Waals surface area contributed by atoms with Crippen molar-refractivity contribution in [2.45, 2.75) is 45.7 Å². The summed E-state index contributed by atoms with van der Waals surface area (Å²) in [5, 5.41) is 6.73. The molecule has 1 heterocycles. The largest absolute Gasteiger partial charge is 0.350 e. The number of piperidine rings is 1. The summed E-state index contributed by atoms with van der Waals surface area (Å²) in [4.78, 5) is 27.7. The molecule has 6 heteroatoms. The van der Waals surface area contributed by atoms with Gasteiger partial charge >= 0.3 is 0 Å². The predicted molar refractivity (Wildman–Crippen MR) is 122 cm³/mol. The van der Waals surface area contributed by atoms with Crippen molar-refractivity contribution in [2.24, 2.45) is 5.92 Å². The van der Waals surface area contributed by atoms with Gasteiger partial charge in [-0.3, -0.25) is 14.5 Å². The number of rotatable bonds is 7. The Kier molecular flexibility index (Phi) is 7.88. The van der Waals surface area contributed by atoms with E-state index in [0.29, 0.717) is 11.3 Å². The van der Waals surface area contributed by atoms with Crippen LogP contribution in [0.5, 0.6) is 0 Å². The molecule has 30 heavy (non-hydrogen) atoms. The van der Waals surface area contributed by atoms with Gasteiger partial charge in [0, 0.05) is 23.5 Å². The average molecular weight is 428 g/mol. The van der Waals surface area contributed by atoms with E-state index in [2.05, 4.69) is 15.5 Å². The molecule has 0 unspecified atom stereocenters. The zero-order valence-corrected chi connectivity index (χ0v) is 18.4. The Morgan fingerprint density at radius 2 is 1.77 bits per heavy atom. The van der Waals surface area contributed by atoms with E-state index in [1.54, 1.807) is 12.1 Å². The summed E-state index contributed by atoms with van der Waals surface area (Å²) in [6.07, 6.45) is 2.43. The monoisotopic (exact) mass is 427 g/mol. The maximum atomic E-state index is 12.9. The van der Waals surface area contributed by atoms with Gasteiger partial charge in [0.2, 0.25) is 5.91 Å². The molecule has 0 aliphatic carbocycles. The van der Waals surface area contributed by atoms with Crippen molar-refractivity contribution in [3.8, 4) is 0 Å². The van der Waals surface area contributed by atoms with E-state index in [1.807, 2.05) is 50.2 Å². The van der Waals surface area contributed by atoms with E-state index in [4.69, 9.17) is 11.6 Å². The molecule has 1 aliphatic heterocycles. The number of amides is 2. The van der Waals surface area contributed by atoms with Crippen molar-refractivity contribution in [1.82, 2.24) is 10.2 Å². The highest BCUT2D eigenvalue weighted by atomic mass is 35.5. The van der Waals surface area contributed by atoms with Gasteiger partial charge in [0.05, 0.1) is 11.3 Å². The Bertz CT molecular complexity index is 878. The first-order valence-electron chi connectivity index (χ1n) is 10.6. The van der Waals surface area contributed by atoms with Gasteiger partial charge < -0.3 is 10.6 Å². The van der Waals surface area contributed by atoms with Crippen molar-refractivity contribution in [3.63, 3.8) is 0 Å². The highest BCUT2D eigenvalue weighted by molar-refractivity contribution is 6.31. The van der Waals surface area contributed by atoms with Crippen molar-refractivity contribution < 1.29 is 9.59 Å². The number of nitrogens with zero attached hydrogens (tertiary/aromatic N) is 1. The molecular formula is C24H30ClN3O2. The van der Waals surface area contributed by atoms with Crippen LogP contribution in [-0.2, 0) is 11.3 Å². The molecule has 1 aliphatic rings. The Labute approximate surface area is 183 Å². The highest BCUT2D eigenvalue weighted by Crippen LogP contribution is 2.24. The minimum absolute atomic E-state index is 0.0174. The van der Waals surface area contributed by atoms with Crippen LogP contribution in [-0.4, -0.2) is 35.8 Å². The second kappa shape index (κ2) is 10.6. The summed E-state index contributed by atoms with van der Waals surface area (Å²) >= 11 is 6.27. The third-order valence-electron chi connectivity index (χ3n) is 5.73. The van der Waals surface area contributed by atoms with E-state index >= 15 is 0 Å². The number of likely N-dealkylation sites (tertiary alicyclic amines) is 1. The Hall–Kier alpha value is -2.37. The first kappa shape index (κ1) is 22.3.